The predicted octanol–water partition coefficient (Wildman–Crippen LogP) is 3.17. The van der Waals surface area contributed by atoms with Crippen LogP contribution < -0.4 is 10.6 Å². The third-order valence-electron chi connectivity index (χ3n) is 3.79. The summed E-state index contributed by atoms with van der Waals surface area (Å²) in [5.74, 6) is 0.380. The molecule has 1 aromatic rings. The number of rotatable bonds is 9. The molecular weight excluding hydrogens is 349 g/mol. The van der Waals surface area contributed by atoms with Gasteiger partial charge in [0.05, 0.1) is 23.8 Å². The van der Waals surface area contributed by atoms with Crippen molar-refractivity contribution in [1.82, 2.24) is 10.2 Å². The zero-order valence-corrected chi connectivity index (χ0v) is 15.3. The van der Waals surface area contributed by atoms with Gasteiger partial charge >= 0.3 is 0 Å². The second kappa shape index (κ2) is 9.25. The van der Waals surface area contributed by atoms with Gasteiger partial charge in [0.15, 0.2) is 0 Å². The molecule has 2 rings (SSSR count). The topological polar surface area (TPSA) is 61.4 Å². The molecule has 0 spiro atoms. The maximum absolute atomic E-state index is 12.3. The van der Waals surface area contributed by atoms with E-state index >= 15 is 0 Å². The zero-order valence-electron chi connectivity index (χ0n) is 13.8. The van der Waals surface area contributed by atoms with Crippen LogP contribution in [0.15, 0.2) is 18.2 Å². The molecule has 5 nitrogen and oxygen atoms in total. The van der Waals surface area contributed by atoms with E-state index in [2.05, 4.69) is 10.6 Å². The van der Waals surface area contributed by atoms with E-state index in [-0.39, 0.29) is 24.9 Å². The first-order chi connectivity index (χ1) is 11.5. The lowest BCUT2D eigenvalue weighted by Gasteiger charge is -2.22. The summed E-state index contributed by atoms with van der Waals surface area (Å²) >= 11 is 11.9. The fraction of sp³-hybridized carbons (Fsp3) is 0.529. The zero-order chi connectivity index (χ0) is 17.5. The standard InChI is InChI=1S/C17H23Cl2N3O2/c1-2-7-22(17(24)10-20-9-12-3-4-12)11-16(23)21-15-6-5-13(18)8-14(15)19/h5-6,8,12,20H,2-4,7,9-11H2,1H3,(H,21,23). The second-order valence-electron chi connectivity index (χ2n) is 6.06. The summed E-state index contributed by atoms with van der Waals surface area (Å²) in [5.41, 5.74) is 0.488. The molecule has 1 aliphatic carbocycles. The van der Waals surface area contributed by atoms with Gasteiger partial charge in [-0.15, -0.1) is 0 Å². The van der Waals surface area contributed by atoms with E-state index < -0.39 is 0 Å². The van der Waals surface area contributed by atoms with E-state index in [0.717, 1.165) is 13.0 Å². The van der Waals surface area contributed by atoms with Crippen LogP contribution in [0.3, 0.4) is 0 Å². The maximum atomic E-state index is 12.3. The van der Waals surface area contributed by atoms with E-state index in [0.29, 0.717) is 28.2 Å². The first-order valence-corrected chi connectivity index (χ1v) is 8.98. The van der Waals surface area contributed by atoms with Gasteiger partial charge in [0, 0.05) is 11.6 Å². The molecule has 132 valence electrons. The average molecular weight is 372 g/mol. The molecule has 0 bridgehead atoms. The minimum atomic E-state index is -0.275. The summed E-state index contributed by atoms with van der Waals surface area (Å²) < 4.78 is 0. The van der Waals surface area contributed by atoms with Gasteiger partial charge < -0.3 is 15.5 Å². The van der Waals surface area contributed by atoms with Crippen molar-refractivity contribution in [2.45, 2.75) is 26.2 Å². The van der Waals surface area contributed by atoms with Crippen LogP contribution in [0, 0.1) is 5.92 Å². The molecule has 0 heterocycles. The Morgan fingerprint density at radius 2 is 2.04 bits per heavy atom. The SMILES string of the molecule is CCCN(CC(=O)Nc1ccc(Cl)cc1Cl)C(=O)CNCC1CC1. The van der Waals surface area contributed by atoms with Crippen molar-refractivity contribution < 1.29 is 9.59 Å². The van der Waals surface area contributed by atoms with Gasteiger partial charge in [-0.3, -0.25) is 9.59 Å². The Kier molecular flexibility index (Phi) is 7.34. The first-order valence-electron chi connectivity index (χ1n) is 8.23. The molecule has 0 atom stereocenters. The minimum absolute atomic E-state index is 0.0107. The van der Waals surface area contributed by atoms with E-state index in [1.165, 1.54) is 12.8 Å². The monoisotopic (exact) mass is 371 g/mol. The lowest BCUT2D eigenvalue weighted by molar-refractivity contribution is -0.133. The van der Waals surface area contributed by atoms with Gasteiger partial charge in [-0.1, -0.05) is 30.1 Å². The Bertz CT molecular complexity index is 591. The number of carbonyl (C=O) groups excluding carboxylic acids is 2. The number of amides is 2. The molecular formula is C17H23Cl2N3O2. The normalized spacial score (nSPS) is 13.6. The highest BCUT2D eigenvalue weighted by atomic mass is 35.5. The van der Waals surface area contributed by atoms with Gasteiger partial charge in [0.25, 0.3) is 0 Å². The Balaban J connectivity index is 1.85. The summed E-state index contributed by atoms with van der Waals surface area (Å²) in [5, 5.41) is 6.76. The van der Waals surface area contributed by atoms with Crippen LogP contribution in [0.4, 0.5) is 5.69 Å². The third-order valence-corrected chi connectivity index (χ3v) is 4.34. The van der Waals surface area contributed by atoms with Gasteiger partial charge in [0.1, 0.15) is 0 Å². The van der Waals surface area contributed by atoms with Crippen LogP contribution in [0.25, 0.3) is 0 Å². The second-order valence-corrected chi connectivity index (χ2v) is 6.91. The molecule has 2 amide bonds. The van der Waals surface area contributed by atoms with Gasteiger partial charge in [-0.25, -0.2) is 0 Å². The van der Waals surface area contributed by atoms with Crippen molar-refractivity contribution in [1.29, 1.82) is 0 Å². The van der Waals surface area contributed by atoms with Crippen LogP contribution in [0.5, 0.6) is 0 Å². The number of nitrogens with zero attached hydrogens (tertiary/aromatic N) is 1. The molecule has 0 unspecified atom stereocenters. The van der Waals surface area contributed by atoms with Crippen LogP contribution >= 0.6 is 23.2 Å². The number of nitrogens with one attached hydrogen (secondary N) is 2. The first kappa shape index (κ1) is 19.0. The highest BCUT2D eigenvalue weighted by Crippen LogP contribution is 2.27. The number of hydrogen-bond acceptors (Lipinski definition) is 3. The maximum Gasteiger partial charge on any atom is 0.244 e. The van der Waals surface area contributed by atoms with Crippen LogP contribution in [-0.4, -0.2) is 42.9 Å². The average Bonchev–Trinajstić information content (AvgIpc) is 3.34. The Hall–Kier alpha value is -1.30. The fourth-order valence-electron chi connectivity index (χ4n) is 2.33. The number of benzene rings is 1. The smallest absolute Gasteiger partial charge is 0.244 e. The van der Waals surface area contributed by atoms with Crippen molar-refractivity contribution in [3.8, 4) is 0 Å². The molecule has 0 aromatic heterocycles. The van der Waals surface area contributed by atoms with E-state index in [9.17, 15) is 9.59 Å². The van der Waals surface area contributed by atoms with Crippen LogP contribution in [0.2, 0.25) is 10.0 Å². The quantitative estimate of drug-likeness (QED) is 0.700. The highest BCUT2D eigenvalue weighted by Gasteiger charge is 2.22. The van der Waals surface area contributed by atoms with Crippen molar-refractivity contribution in [3.63, 3.8) is 0 Å². The van der Waals surface area contributed by atoms with Crippen molar-refractivity contribution >= 4 is 40.7 Å². The molecule has 7 heteroatoms. The molecule has 0 aliphatic heterocycles. The van der Waals surface area contributed by atoms with E-state index in [1.54, 1.807) is 23.1 Å². The van der Waals surface area contributed by atoms with Gasteiger partial charge in [0.2, 0.25) is 11.8 Å². The molecule has 0 saturated heterocycles. The van der Waals surface area contributed by atoms with Crippen molar-refractivity contribution in [2.24, 2.45) is 5.92 Å². The molecule has 0 radical (unpaired) electrons. The summed E-state index contributed by atoms with van der Waals surface area (Å²) in [6.07, 6.45) is 3.28. The summed E-state index contributed by atoms with van der Waals surface area (Å²) in [7, 11) is 0. The molecule has 1 aromatic carbocycles. The number of hydrogen-bond donors (Lipinski definition) is 2. The van der Waals surface area contributed by atoms with Gasteiger partial charge in [-0.05, 0) is 49.9 Å². The van der Waals surface area contributed by atoms with Gasteiger partial charge in [-0.2, -0.15) is 0 Å². The fourth-order valence-corrected chi connectivity index (χ4v) is 2.79. The Labute approximate surface area is 152 Å². The predicted molar refractivity (Wildman–Crippen MR) is 97.6 cm³/mol. The molecule has 1 aliphatic rings. The van der Waals surface area contributed by atoms with Crippen LogP contribution in [-0.2, 0) is 9.59 Å². The largest absolute Gasteiger partial charge is 0.332 e. The number of anilines is 1. The number of carbonyl (C=O) groups is 2. The number of halogens is 2. The van der Waals surface area contributed by atoms with Crippen molar-refractivity contribution in [3.05, 3.63) is 28.2 Å². The molecule has 2 N–H and O–H groups in total. The third kappa shape index (κ3) is 6.30. The molecule has 24 heavy (non-hydrogen) atoms. The minimum Gasteiger partial charge on any atom is -0.332 e. The molecule has 1 saturated carbocycles. The lowest BCUT2D eigenvalue weighted by Crippen LogP contribution is -2.43. The van der Waals surface area contributed by atoms with E-state index in [4.69, 9.17) is 23.2 Å². The Morgan fingerprint density at radius 1 is 1.29 bits per heavy atom. The molecule has 1 fully saturated rings. The lowest BCUT2D eigenvalue weighted by atomic mass is 10.3. The highest BCUT2D eigenvalue weighted by molar-refractivity contribution is 6.36. The summed E-state index contributed by atoms with van der Waals surface area (Å²) in [6.45, 7) is 3.68. The Morgan fingerprint density at radius 3 is 2.67 bits per heavy atom. The summed E-state index contributed by atoms with van der Waals surface area (Å²) in [6, 6.07) is 4.86. The van der Waals surface area contributed by atoms with E-state index in [1.807, 2.05) is 6.92 Å². The van der Waals surface area contributed by atoms with Crippen molar-refractivity contribution in [2.75, 3.05) is 31.5 Å². The summed E-state index contributed by atoms with van der Waals surface area (Å²) in [4.78, 5) is 26.1. The van der Waals surface area contributed by atoms with Crippen LogP contribution in [0.1, 0.15) is 26.2 Å².